The summed E-state index contributed by atoms with van der Waals surface area (Å²) in [4.78, 5) is 11.4. The van der Waals surface area contributed by atoms with Gasteiger partial charge in [0, 0.05) is 10.0 Å². The molecular formula is C16H13BrO. The molecule has 0 spiro atoms. The fourth-order valence-corrected chi connectivity index (χ4v) is 2.99. The van der Waals surface area contributed by atoms with Gasteiger partial charge >= 0.3 is 0 Å². The second kappa shape index (κ2) is 4.36. The second-order valence-corrected chi connectivity index (χ2v) is 5.65. The number of carbonyl (C=O) groups excluding carboxylic acids is 1. The van der Waals surface area contributed by atoms with Gasteiger partial charge in [0.25, 0.3) is 0 Å². The van der Waals surface area contributed by atoms with Crippen LogP contribution in [0.15, 0.2) is 40.9 Å². The minimum atomic E-state index is 0.138. The molecular weight excluding hydrogens is 288 g/mol. The maximum Gasteiger partial charge on any atom is 0.159 e. The van der Waals surface area contributed by atoms with E-state index in [4.69, 9.17) is 0 Å². The smallest absolute Gasteiger partial charge is 0.159 e. The molecule has 0 radical (unpaired) electrons. The van der Waals surface area contributed by atoms with Crippen LogP contribution in [-0.4, -0.2) is 5.78 Å². The van der Waals surface area contributed by atoms with Crippen molar-refractivity contribution in [3.63, 3.8) is 0 Å². The molecule has 2 aromatic carbocycles. The summed E-state index contributed by atoms with van der Waals surface area (Å²) in [6.07, 6.45) is 2.06. The molecule has 0 saturated carbocycles. The zero-order chi connectivity index (χ0) is 12.7. The van der Waals surface area contributed by atoms with Crippen LogP contribution in [0.25, 0.3) is 11.1 Å². The number of hydrogen-bond acceptors (Lipinski definition) is 1. The molecule has 0 N–H and O–H groups in total. The highest BCUT2D eigenvalue weighted by molar-refractivity contribution is 9.10. The fourth-order valence-electron chi connectivity index (χ4n) is 2.58. The number of rotatable bonds is 1. The quantitative estimate of drug-likeness (QED) is 0.713. The van der Waals surface area contributed by atoms with Crippen molar-refractivity contribution in [1.29, 1.82) is 0 Å². The maximum atomic E-state index is 11.4. The van der Waals surface area contributed by atoms with E-state index in [1.165, 1.54) is 22.3 Å². The van der Waals surface area contributed by atoms with Gasteiger partial charge in [-0.2, -0.15) is 0 Å². The summed E-state index contributed by atoms with van der Waals surface area (Å²) < 4.78 is 1.13. The second-order valence-electron chi connectivity index (χ2n) is 4.73. The van der Waals surface area contributed by atoms with E-state index in [0.29, 0.717) is 0 Å². The van der Waals surface area contributed by atoms with Gasteiger partial charge in [-0.05, 0) is 60.2 Å². The van der Waals surface area contributed by atoms with Gasteiger partial charge in [-0.1, -0.05) is 34.1 Å². The highest BCUT2D eigenvalue weighted by atomic mass is 79.9. The molecule has 0 fully saturated rings. The standard InChI is InChI=1S/C16H13BrO/c1-10(18)11-4-6-15-12(8-11)2-3-13-9-14(17)5-7-16(13)15/h4-9H,2-3H2,1H3. The van der Waals surface area contributed by atoms with Gasteiger partial charge in [-0.15, -0.1) is 0 Å². The number of Topliss-reactive ketones (excluding diaryl/α,β-unsaturated/α-hetero) is 1. The molecule has 0 bridgehead atoms. The Hall–Kier alpha value is -1.41. The van der Waals surface area contributed by atoms with E-state index < -0.39 is 0 Å². The SMILES string of the molecule is CC(=O)c1ccc2c(c1)CCc1cc(Br)ccc1-2. The highest BCUT2D eigenvalue weighted by Crippen LogP contribution is 2.35. The van der Waals surface area contributed by atoms with Crippen LogP contribution in [0.4, 0.5) is 0 Å². The number of halogens is 1. The molecule has 3 rings (SSSR count). The lowest BCUT2D eigenvalue weighted by atomic mass is 9.84. The van der Waals surface area contributed by atoms with Crippen LogP contribution in [0, 0.1) is 0 Å². The molecule has 0 amide bonds. The van der Waals surface area contributed by atoms with Gasteiger partial charge in [0.15, 0.2) is 5.78 Å². The van der Waals surface area contributed by atoms with Crippen LogP contribution >= 0.6 is 15.9 Å². The predicted octanol–water partition coefficient (Wildman–Crippen LogP) is 4.42. The first kappa shape index (κ1) is 11.7. The van der Waals surface area contributed by atoms with E-state index in [2.05, 4.69) is 40.2 Å². The third-order valence-electron chi connectivity index (χ3n) is 3.53. The number of carbonyl (C=O) groups is 1. The summed E-state index contributed by atoms with van der Waals surface area (Å²) in [7, 11) is 0. The zero-order valence-electron chi connectivity index (χ0n) is 10.2. The third kappa shape index (κ3) is 1.91. The van der Waals surface area contributed by atoms with Crippen molar-refractivity contribution in [3.8, 4) is 11.1 Å². The van der Waals surface area contributed by atoms with Crippen molar-refractivity contribution in [2.75, 3.05) is 0 Å². The van der Waals surface area contributed by atoms with Crippen LogP contribution < -0.4 is 0 Å². The highest BCUT2D eigenvalue weighted by Gasteiger charge is 2.16. The van der Waals surface area contributed by atoms with Crippen LogP contribution in [0.3, 0.4) is 0 Å². The van der Waals surface area contributed by atoms with Gasteiger partial charge in [-0.3, -0.25) is 4.79 Å². The van der Waals surface area contributed by atoms with Gasteiger partial charge < -0.3 is 0 Å². The molecule has 0 saturated heterocycles. The summed E-state index contributed by atoms with van der Waals surface area (Å²) >= 11 is 3.52. The van der Waals surface area contributed by atoms with Crippen molar-refractivity contribution in [3.05, 3.63) is 57.6 Å². The van der Waals surface area contributed by atoms with Crippen molar-refractivity contribution in [2.24, 2.45) is 0 Å². The van der Waals surface area contributed by atoms with Crippen LogP contribution in [0.2, 0.25) is 0 Å². The molecule has 0 aliphatic heterocycles. The molecule has 90 valence electrons. The lowest BCUT2D eigenvalue weighted by Crippen LogP contribution is -2.05. The Labute approximate surface area is 115 Å². The maximum absolute atomic E-state index is 11.4. The first-order valence-corrected chi connectivity index (χ1v) is 6.87. The number of benzene rings is 2. The molecule has 1 aliphatic rings. The summed E-state index contributed by atoms with van der Waals surface area (Å²) in [5.41, 5.74) is 6.06. The van der Waals surface area contributed by atoms with Gasteiger partial charge in [0.1, 0.15) is 0 Å². The molecule has 0 aromatic heterocycles. The van der Waals surface area contributed by atoms with Gasteiger partial charge in [-0.25, -0.2) is 0 Å². The predicted molar refractivity (Wildman–Crippen MR) is 77.0 cm³/mol. The monoisotopic (exact) mass is 300 g/mol. The number of aryl methyl sites for hydroxylation is 2. The first-order valence-electron chi connectivity index (χ1n) is 6.08. The fraction of sp³-hybridized carbons (Fsp3) is 0.188. The van der Waals surface area contributed by atoms with Gasteiger partial charge in [0.2, 0.25) is 0 Å². The van der Waals surface area contributed by atoms with E-state index in [-0.39, 0.29) is 5.78 Å². The normalized spacial score (nSPS) is 12.8. The summed E-state index contributed by atoms with van der Waals surface area (Å²) in [5.74, 6) is 0.138. The topological polar surface area (TPSA) is 17.1 Å². The zero-order valence-corrected chi connectivity index (χ0v) is 11.8. The largest absolute Gasteiger partial charge is 0.295 e. The molecule has 0 unspecified atom stereocenters. The number of hydrogen-bond donors (Lipinski definition) is 0. The van der Waals surface area contributed by atoms with E-state index in [1.807, 2.05) is 12.1 Å². The average Bonchev–Trinajstić information content (AvgIpc) is 2.37. The molecule has 18 heavy (non-hydrogen) atoms. The Kier molecular flexibility index (Phi) is 2.83. The Morgan fingerprint density at radius 1 is 1.00 bits per heavy atom. The van der Waals surface area contributed by atoms with E-state index in [9.17, 15) is 4.79 Å². The van der Waals surface area contributed by atoms with Crippen LogP contribution in [0.5, 0.6) is 0 Å². The summed E-state index contributed by atoms with van der Waals surface area (Å²) in [6, 6.07) is 12.5. The Morgan fingerprint density at radius 2 is 1.61 bits per heavy atom. The number of fused-ring (bicyclic) bond motifs is 3. The van der Waals surface area contributed by atoms with Crippen LogP contribution in [-0.2, 0) is 12.8 Å². The molecule has 0 heterocycles. The van der Waals surface area contributed by atoms with Crippen molar-refractivity contribution in [2.45, 2.75) is 19.8 Å². The first-order chi connectivity index (χ1) is 8.65. The third-order valence-corrected chi connectivity index (χ3v) is 4.03. The lowest BCUT2D eigenvalue weighted by Gasteiger charge is -2.20. The molecule has 1 nitrogen and oxygen atoms in total. The molecule has 1 aliphatic carbocycles. The molecule has 2 aromatic rings. The lowest BCUT2D eigenvalue weighted by molar-refractivity contribution is 0.101. The molecule has 0 atom stereocenters. The van der Waals surface area contributed by atoms with E-state index >= 15 is 0 Å². The van der Waals surface area contributed by atoms with Crippen LogP contribution in [0.1, 0.15) is 28.4 Å². The van der Waals surface area contributed by atoms with Gasteiger partial charge in [0.05, 0.1) is 0 Å². The van der Waals surface area contributed by atoms with Crippen molar-refractivity contribution < 1.29 is 4.79 Å². The summed E-state index contributed by atoms with van der Waals surface area (Å²) in [6.45, 7) is 1.62. The Morgan fingerprint density at radius 3 is 2.28 bits per heavy atom. The minimum Gasteiger partial charge on any atom is -0.295 e. The minimum absolute atomic E-state index is 0.138. The number of ketones is 1. The van der Waals surface area contributed by atoms with E-state index in [1.54, 1.807) is 6.92 Å². The molecule has 2 heteroatoms. The van der Waals surface area contributed by atoms with E-state index in [0.717, 1.165) is 22.9 Å². The Bertz CT molecular complexity index is 644. The summed E-state index contributed by atoms with van der Waals surface area (Å²) in [5, 5.41) is 0. The Balaban J connectivity index is 2.16. The van der Waals surface area contributed by atoms with Crippen molar-refractivity contribution in [1.82, 2.24) is 0 Å². The average molecular weight is 301 g/mol. The van der Waals surface area contributed by atoms with Crippen molar-refractivity contribution >= 4 is 21.7 Å².